The SMILES string of the molecule is CC1CC(NC(=O)C2(N)CCOCC2)C(=O)N1c1ccccc1.Cl. The molecule has 1 aromatic rings. The third kappa shape index (κ3) is 3.55. The van der Waals surface area contributed by atoms with Crippen LogP contribution in [0.3, 0.4) is 0 Å². The number of para-hydroxylation sites is 1. The number of nitrogens with zero attached hydrogens (tertiary/aromatic N) is 1. The van der Waals surface area contributed by atoms with Crippen LogP contribution in [0.2, 0.25) is 0 Å². The normalized spacial score (nSPS) is 25.9. The summed E-state index contributed by atoms with van der Waals surface area (Å²) in [4.78, 5) is 26.9. The van der Waals surface area contributed by atoms with Crippen LogP contribution in [0.4, 0.5) is 5.69 Å². The number of hydrogen-bond donors (Lipinski definition) is 2. The quantitative estimate of drug-likeness (QED) is 0.855. The molecule has 2 unspecified atom stereocenters. The molecular formula is C17H24ClN3O3. The number of amides is 2. The van der Waals surface area contributed by atoms with E-state index in [-0.39, 0.29) is 30.3 Å². The van der Waals surface area contributed by atoms with Crippen molar-refractivity contribution in [3.63, 3.8) is 0 Å². The van der Waals surface area contributed by atoms with Crippen LogP contribution in [0.25, 0.3) is 0 Å². The third-order valence-corrected chi connectivity index (χ3v) is 4.73. The number of hydrogen-bond acceptors (Lipinski definition) is 4. The van der Waals surface area contributed by atoms with E-state index in [1.807, 2.05) is 37.3 Å². The molecule has 2 atom stereocenters. The summed E-state index contributed by atoms with van der Waals surface area (Å²) in [7, 11) is 0. The predicted molar refractivity (Wildman–Crippen MR) is 94.2 cm³/mol. The topological polar surface area (TPSA) is 84.7 Å². The van der Waals surface area contributed by atoms with Crippen molar-refractivity contribution in [1.29, 1.82) is 0 Å². The van der Waals surface area contributed by atoms with E-state index < -0.39 is 11.6 Å². The Morgan fingerprint density at radius 3 is 2.54 bits per heavy atom. The number of carbonyl (C=O) groups is 2. The van der Waals surface area contributed by atoms with Gasteiger partial charge in [0.15, 0.2) is 0 Å². The van der Waals surface area contributed by atoms with Gasteiger partial charge < -0.3 is 20.7 Å². The van der Waals surface area contributed by atoms with Gasteiger partial charge in [-0.15, -0.1) is 12.4 Å². The van der Waals surface area contributed by atoms with Gasteiger partial charge in [0.05, 0.1) is 5.54 Å². The molecule has 1 aromatic carbocycles. The largest absolute Gasteiger partial charge is 0.381 e. The van der Waals surface area contributed by atoms with E-state index in [1.165, 1.54) is 0 Å². The van der Waals surface area contributed by atoms with Crippen LogP contribution < -0.4 is 16.0 Å². The Hall–Kier alpha value is -1.63. The first-order valence-corrected chi connectivity index (χ1v) is 8.07. The van der Waals surface area contributed by atoms with E-state index in [0.717, 1.165) is 5.69 Å². The number of ether oxygens (including phenoxy) is 1. The second-order valence-corrected chi connectivity index (χ2v) is 6.42. The molecule has 24 heavy (non-hydrogen) atoms. The van der Waals surface area contributed by atoms with E-state index in [0.29, 0.717) is 32.5 Å². The van der Waals surface area contributed by atoms with Crippen LogP contribution in [0.5, 0.6) is 0 Å². The van der Waals surface area contributed by atoms with Gasteiger partial charge in [0.1, 0.15) is 6.04 Å². The molecule has 2 saturated heterocycles. The second-order valence-electron chi connectivity index (χ2n) is 6.42. The van der Waals surface area contributed by atoms with Gasteiger partial charge in [-0.25, -0.2) is 0 Å². The summed E-state index contributed by atoms with van der Waals surface area (Å²) < 4.78 is 5.26. The summed E-state index contributed by atoms with van der Waals surface area (Å²) in [6.07, 6.45) is 1.56. The number of anilines is 1. The lowest BCUT2D eigenvalue weighted by molar-refractivity contribution is -0.132. The third-order valence-electron chi connectivity index (χ3n) is 4.73. The number of rotatable bonds is 3. The fourth-order valence-corrected chi connectivity index (χ4v) is 3.29. The Balaban J connectivity index is 0.00000208. The fourth-order valence-electron chi connectivity index (χ4n) is 3.29. The Kier molecular flexibility index (Phi) is 5.85. The number of nitrogens with two attached hydrogens (primary N) is 1. The summed E-state index contributed by atoms with van der Waals surface area (Å²) >= 11 is 0. The molecular weight excluding hydrogens is 330 g/mol. The number of benzene rings is 1. The van der Waals surface area contributed by atoms with E-state index >= 15 is 0 Å². The molecule has 0 saturated carbocycles. The summed E-state index contributed by atoms with van der Waals surface area (Å²) in [6, 6.07) is 9.05. The van der Waals surface area contributed by atoms with Gasteiger partial charge in [-0.05, 0) is 38.3 Å². The Morgan fingerprint density at radius 1 is 1.29 bits per heavy atom. The van der Waals surface area contributed by atoms with Crippen LogP contribution >= 0.6 is 12.4 Å². The van der Waals surface area contributed by atoms with Gasteiger partial charge >= 0.3 is 0 Å². The lowest BCUT2D eigenvalue weighted by Crippen LogP contribution is -2.59. The molecule has 0 aromatic heterocycles. The van der Waals surface area contributed by atoms with Crippen molar-refractivity contribution in [2.24, 2.45) is 5.73 Å². The van der Waals surface area contributed by atoms with Gasteiger partial charge in [0.25, 0.3) is 0 Å². The molecule has 132 valence electrons. The first-order chi connectivity index (χ1) is 11.0. The summed E-state index contributed by atoms with van der Waals surface area (Å²) in [6.45, 7) is 2.95. The maximum Gasteiger partial charge on any atom is 0.249 e. The minimum Gasteiger partial charge on any atom is -0.381 e. The van der Waals surface area contributed by atoms with Crippen LogP contribution in [0.1, 0.15) is 26.2 Å². The van der Waals surface area contributed by atoms with Crippen LogP contribution in [0.15, 0.2) is 30.3 Å². The van der Waals surface area contributed by atoms with Gasteiger partial charge in [0.2, 0.25) is 11.8 Å². The van der Waals surface area contributed by atoms with E-state index in [9.17, 15) is 9.59 Å². The fraction of sp³-hybridized carbons (Fsp3) is 0.529. The number of halogens is 1. The first kappa shape index (κ1) is 18.7. The highest BCUT2D eigenvalue weighted by atomic mass is 35.5. The van der Waals surface area contributed by atoms with Crippen molar-refractivity contribution in [3.05, 3.63) is 30.3 Å². The molecule has 0 bridgehead atoms. The van der Waals surface area contributed by atoms with Crippen molar-refractivity contribution in [3.8, 4) is 0 Å². The molecule has 6 nitrogen and oxygen atoms in total. The molecule has 0 radical (unpaired) electrons. The van der Waals surface area contributed by atoms with E-state index in [1.54, 1.807) is 4.90 Å². The zero-order valence-electron chi connectivity index (χ0n) is 13.7. The Bertz CT molecular complexity index is 590. The molecule has 0 spiro atoms. The minimum atomic E-state index is -0.929. The average Bonchev–Trinajstić information content (AvgIpc) is 2.83. The van der Waals surface area contributed by atoms with Crippen LogP contribution in [-0.4, -0.2) is 42.7 Å². The van der Waals surface area contributed by atoms with Crippen molar-refractivity contribution < 1.29 is 14.3 Å². The van der Waals surface area contributed by atoms with Crippen molar-refractivity contribution in [1.82, 2.24) is 5.32 Å². The second kappa shape index (κ2) is 7.51. The first-order valence-electron chi connectivity index (χ1n) is 8.07. The molecule has 2 aliphatic heterocycles. The lowest BCUT2D eigenvalue weighted by Gasteiger charge is -2.32. The highest BCUT2D eigenvalue weighted by molar-refractivity contribution is 6.02. The highest BCUT2D eigenvalue weighted by Gasteiger charge is 2.42. The molecule has 3 rings (SSSR count). The molecule has 2 heterocycles. The van der Waals surface area contributed by atoms with Gasteiger partial charge in [-0.1, -0.05) is 18.2 Å². The smallest absolute Gasteiger partial charge is 0.249 e. The van der Waals surface area contributed by atoms with Crippen molar-refractivity contribution in [2.75, 3.05) is 18.1 Å². The zero-order chi connectivity index (χ0) is 16.4. The van der Waals surface area contributed by atoms with Gasteiger partial charge in [-0.3, -0.25) is 9.59 Å². The molecule has 2 fully saturated rings. The highest BCUT2D eigenvalue weighted by Crippen LogP contribution is 2.27. The summed E-state index contributed by atoms with van der Waals surface area (Å²) in [5, 5.41) is 2.86. The molecule has 7 heteroatoms. The minimum absolute atomic E-state index is 0. The Morgan fingerprint density at radius 2 is 1.92 bits per heavy atom. The standard InChI is InChI=1S/C17H23N3O3.ClH/c1-12-11-14(15(21)20(12)13-5-3-2-4-6-13)19-16(22)17(18)7-9-23-10-8-17;/h2-6,12,14H,7-11,18H2,1H3,(H,19,22);1H. The summed E-state index contributed by atoms with van der Waals surface area (Å²) in [5.74, 6) is -0.325. The van der Waals surface area contributed by atoms with Crippen LogP contribution in [-0.2, 0) is 14.3 Å². The maximum atomic E-state index is 12.7. The van der Waals surface area contributed by atoms with E-state index in [2.05, 4.69) is 5.32 Å². The zero-order valence-corrected chi connectivity index (χ0v) is 14.6. The van der Waals surface area contributed by atoms with Gasteiger partial charge in [-0.2, -0.15) is 0 Å². The number of carbonyl (C=O) groups excluding carboxylic acids is 2. The maximum absolute atomic E-state index is 12.7. The lowest BCUT2D eigenvalue weighted by atomic mass is 9.90. The van der Waals surface area contributed by atoms with Gasteiger partial charge in [0, 0.05) is 24.9 Å². The molecule has 2 aliphatic rings. The summed E-state index contributed by atoms with van der Waals surface area (Å²) in [5.41, 5.74) is 6.12. The average molecular weight is 354 g/mol. The molecule has 3 N–H and O–H groups in total. The monoisotopic (exact) mass is 353 g/mol. The molecule has 0 aliphatic carbocycles. The number of nitrogens with one attached hydrogen (secondary N) is 1. The predicted octanol–water partition coefficient (Wildman–Crippen LogP) is 1.23. The van der Waals surface area contributed by atoms with E-state index in [4.69, 9.17) is 10.5 Å². The van der Waals surface area contributed by atoms with Crippen molar-refractivity contribution >= 4 is 29.9 Å². The van der Waals surface area contributed by atoms with Crippen molar-refractivity contribution in [2.45, 2.75) is 43.8 Å². The Labute approximate surface area is 148 Å². The molecule has 2 amide bonds. The van der Waals surface area contributed by atoms with Crippen LogP contribution in [0, 0.1) is 0 Å².